The van der Waals surface area contributed by atoms with Crippen LogP contribution in [-0.4, -0.2) is 30.2 Å². The lowest BCUT2D eigenvalue weighted by atomic mass is 9.81. The maximum atomic E-state index is 11.8. The first-order valence-corrected chi connectivity index (χ1v) is 6.74. The Balaban J connectivity index is 2.03. The van der Waals surface area contributed by atoms with Crippen molar-refractivity contribution in [2.75, 3.05) is 6.54 Å². The van der Waals surface area contributed by atoms with Crippen molar-refractivity contribution in [2.24, 2.45) is 7.05 Å². The molecule has 0 atom stereocenters. The lowest BCUT2D eigenvalue weighted by Crippen LogP contribution is -2.47. The minimum Gasteiger partial charge on any atom is -0.389 e. The number of nitrogens with one attached hydrogen (secondary N) is 1. The molecule has 90 valence electrons. The van der Waals surface area contributed by atoms with Crippen LogP contribution in [0.4, 0.5) is 0 Å². The van der Waals surface area contributed by atoms with Crippen LogP contribution in [0.15, 0.2) is 23.4 Å². The topological polar surface area (TPSA) is 71.3 Å². The molecule has 0 amide bonds. The molecule has 0 aliphatic heterocycles. The molecule has 1 fully saturated rings. The van der Waals surface area contributed by atoms with Gasteiger partial charge in [-0.05, 0) is 25.3 Å². The molecular formula is C10H16N2O3S. The zero-order chi connectivity index (χ0) is 11.8. The Labute approximate surface area is 95.1 Å². The summed E-state index contributed by atoms with van der Waals surface area (Å²) in [6.07, 6.45) is 5.51. The van der Waals surface area contributed by atoms with Crippen molar-refractivity contribution in [3.8, 4) is 0 Å². The maximum Gasteiger partial charge on any atom is 0.242 e. The van der Waals surface area contributed by atoms with Gasteiger partial charge in [0.2, 0.25) is 10.0 Å². The summed E-state index contributed by atoms with van der Waals surface area (Å²) in [6, 6.07) is 1.53. The molecule has 5 nitrogen and oxygen atoms in total. The molecule has 0 spiro atoms. The van der Waals surface area contributed by atoms with Crippen LogP contribution < -0.4 is 4.72 Å². The number of nitrogens with zero attached hydrogens (tertiary/aromatic N) is 1. The largest absolute Gasteiger partial charge is 0.389 e. The Bertz CT molecular complexity index is 474. The monoisotopic (exact) mass is 244 g/mol. The summed E-state index contributed by atoms with van der Waals surface area (Å²) in [5.74, 6) is 0. The molecule has 2 rings (SSSR count). The quantitative estimate of drug-likeness (QED) is 0.796. The highest BCUT2D eigenvalue weighted by Crippen LogP contribution is 2.30. The summed E-state index contributed by atoms with van der Waals surface area (Å²) in [4.78, 5) is 0.234. The fraction of sp³-hybridized carbons (Fsp3) is 0.600. The standard InChI is InChI=1S/C10H16N2O3S/c1-12-6-3-9(7-12)16(14,15)11-8-10(13)4-2-5-10/h3,6-7,11,13H,2,4-5,8H2,1H3. The van der Waals surface area contributed by atoms with Crippen molar-refractivity contribution < 1.29 is 13.5 Å². The van der Waals surface area contributed by atoms with E-state index in [-0.39, 0.29) is 11.4 Å². The third kappa shape index (κ3) is 2.28. The van der Waals surface area contributed by atoms with Crippen LogP contribution in [0.3, 0.4) is 0 Å². The Hall–Kier alpha value is -0.850. The number of aliphatic hydroxyl groups is 1. The fourth-order valence-corrected chi connectivity index (χ4v) is 2.88. The van der Waals surface area contributed by atoms with E-state index in [2.05, 4.69) is 4.72 Å². The lowest BCUT2D eigenvalue weighted by Gasteiger charge is -2.36. The Kier molecular flexibility index (Phi) is 2.81. The fourth-order valence-electron chi connectivity index (χ4n) is 1.71. The SMILES string of the molecule is Cn1ccc(S(=O)(=O)NCC2(O)CCC2)c1. The first kappa shape index (κ1) is 11.6. The zero-order valence-corrected chi connectivity index (χ0v) is 10.00. The summed E-state index contributed by atoms with van der Waals surface area (Å²) in [6.45, 7) is 0.101. The van der Waals surface area contributed by atoms with Crippen molar-refractivity contribution in [3.05, 3.63) is 18.5 Å². The number of sulfonamides is 1. The Morgan fingerprint density at radius 1 is 1.56 bits per heavy atom. The van der Waals surface area contributed by atoms with Crippen molar-refractivity contribution in [1.29, 1.82) is 0 Å². The molecule has 16 heavy (non-hydrogen) atoms. The van der Waals surface area contributed by atoms with Gasteiger partial charge in [0.05, 0.1) is 10.5 Å². The van der Waals surface area contributed by atoms with Crippen LogP contribution in [-0.2, 0) is 17.1 Å². The molecule has 1 aliphatic rings. The first-order chi connectivity index (χ1) is 7.41. The molecule has 1 saturated carbocycles. The first-order valence-electron chi connectivity index (χ1n) is 5.25. The highest BCUT2D eigenvalue weighted by molar-refractivity contribution is 7.89. The summed E-state index contributed by atoms with van der Waals surface area (Å²) in [5.41, 5.74) is -0.831. The van der Waals surface area contributed by atoms with E-state index in [9.17, 15) is 13.5 Å². The summed E-state index contributed by atoms with van der Waals surface area (Å²) >= 11 is 0. The van der Waals surface area contributed by atoms with Gasteiger partial charge in [0.25, 0.3) is 0 Å². The number of rotatable bonds is 4. The van der Waals surface area contributed by atoms with Gasteiger partial charge in [-0.25, -0.2) is 13.1 Å². The van der Waals surface area contributed by atoms with Crippen molar-refractivity contribution in [3.63, 3.8) is 0 Å². The average molecular weight is 244 g/mol. The van der Waals surface area contributed by atoms with Crippen LogP contribution in [0.2, 0.25) is 0 Å². The molecule has 1 heterocycles. The van der Waals surface area contributed by atoms with Crippen molar-refractivity contribution in [2.45, 2.75) is 29.8 Å². The predicted molar refractivity (Wildman–Crippen MR) is 59.4 cm³/mol. The van der Waals surface area contributed by atoms with Crippen molar-refractivity contribution in [1.82, 2.24) is 9.29 Å². The van der Waals surface area contributed by atoms with Gasteiger partial charge in [-0.15, -0.1) is 0 Å². The van der Waals surface area contributed by atoms with Gasteiger partial charge < -0.3 is 9.67 Å². The third-order valence-electron chi connectivity index (χ3n) is 2.99. The third-order valence-corrected chi connectivity index (χ3v) is 4.38. The smallest absolute Gasteiger partial charge is 0.242 e. The van der Waals surface area contributed by atoms with Crippen LogP contribution in [0.5, 0.6) is 0 Å². The van der Waals surface area contributed by atoms with Crippen LogP contribution in [0, 0.1) is 0 Å². The molecule has 1 aromatic heterocycles. The van der Waals surface area contributed by atoms with E-state index in [1.54, 1.807) is 17.8 Å². The molecule has 0 aromatic carbocycles. The summed E-state index contributed by atoms with van der Waals surface area (Å²) in [7, 11) is -1.72. The van der Waals surface area contributed by atoms with Gasteiger partial charge in [0.1, 0.15) is 0 Å². The van der Waals surface area contributed by atoms with Gasteiger partial charge >= 0.3 is 0 Å². The van der Waals surface area contributed by atoms with E-state index in [1.165, 1.54) is 12.3 Å². The molecule has 1 aliphatic carbocycles. The number of aryl methyl sites for hydroxylation is 1. The van der Waals surface area contributed by atoms with E-state index in [0.717, 1.165) is 6.42 Å². The highest BCUT2D eigenvalue weighted by atomic mass is 32.2. The second-order valence-corrected chi connectivity index (χ2v) is 6.18. The summed E-state index contributed by atoms with van der Waals surface area (Å²) in [5, 5.41) is 9.79. The van der Waals surface area contributed by atoms with Gasteiger partial charge in [-0.3, -0.25) is 0 Å². The lowest BCUT2D eigenvalue weighted by molar-refractivity contribution is -0.0270. The van der Waals surface area contributed by atoms with Gasteiger partial charge in [0, 0.05) is 26.0 Å². The van der Waals surface area contributed by atoms with E-state index in [1.807, 2.05) is 0 Å². The molecule has 2 N–H and O–H groups in total. The van der Waals surface area contributed by atoms with E-state index in [4.69, 9.17) is 0 Å². The van der Waals surface area contributed by atoms with Crippen molar-refractivity contribution >= 4 is 10.0 Å². The minimum atomic E-state index is -3.48. The van der Waals surface area contributed by atoms with Gasteiger partial charge in [-0.2, -0.15) is 0 Å². The second-order valence-electron chi connectivity index (χ2n) is 4.42. The maximum absolute atomic E-state index is 11.8. The predicted octanol–water partition coefficient (Wildman–Crippen LogP) is 0.218. The molecule has 0 unspecified atom stereocenters. The van der Waals surface area contributed by atoms with Gasteiger partial charge in [-0.1, -0.05) is 0 Å². The molecule has 6 heteroatoms. The average Bonchev–Trinajstić information content (AvgIpc) is 2.60. The number of hydrogen-bond acceptors (Lipinski definition) is 3. The minimum absolute atomic E-state index is 0.101. The molecule has 0 radical (unpaired) electrons. The highest BCUT2D eigenvalue weighted by Gasteiger charge is 2.35. The van der Waals surface area contributed by atoms with E-state index < -0.39 is 15.6 Å². The Morgan fingerprint density at radius 2 is 2.25 bits per heavy atom. The zero-order valence-electron chi connectivity index (χ0n) is 9.18. The second kappa shape index (κ2) is 3.87. The number of aromatic nitrogens is 1. The Morgan fingerprint density at radius 3 is 2.69 bits per heavy atom. The normalized spacial score (nSPS) is 19.4. The van der Waals surface area contributed by atoms with Crippen LogP contribution in [0.1, 0.15) is 19.3 Å². The molecule has 1 aromatic rings. The number of hydrogen-bond donors (Lipinski definition) is 2. The van der Waals surface area contributed by atoms with E-state index in [0.29, 0.717) is 12.8 Å². The van der Waals surface area contributed by atoms with E-state index >= 15 is 0 Å². The van der Waals surface area contributed by atoms with Crippen LogP contribution >= 0.6 is 0 Å². The summed E-state index contributed by atoms with van der Waals surface area (Å²) < 4.78 is 27.7. The molecule has 0 bridgehead atoms. The van der Waals surface area contributed by atoms with Gasteiger partial charge in [0.15, 0.2) is 0 Å². The molecule has 0 saturated heterocycles. The molecular weight excluding hydrogens is 228 g/mol. The van der Waals surface area contributed by atoms with Crippen LogP contribution in [0.25, 0.3) is 0 Å².